The fraction of sp³-hybridized carbons (Fsp3) is 0.200. The highest BCUT2D eigenvalue weighted by atomic mass is 32.2. The predicted octanol–water partition coefficient (Wildman–Crippen LogP) is 2.82. The molecule has 0 atom stereocenters. The quantitative estimate of drug-likeness (QED) is 0.852. The van der Waals surface area contributed by atoms with Gasteiger partial charge in [-0.2, -0.15) is 0 Å². The van der Waals surface area contributed by atoms with Crippen molar-refractivity contribution >= 4 is 15.7 Å². The highest BCUT2D eigenvalue weighted by Gasteiger charge is 2.19. The minimum atomic E-state index is -3.78. The first-order valence-electron chi connectivity index (χ1n) is 6.30. The van der Waals surface area contributed by atoms with Crippen molar-refractivity contribution in [1.29, 1.82) is 0 Å². The third-order valence-corrected chi connectivity index (χ3v) is 4.59. The first-order chi connectivity index (χ1) is 9.83. The van der Waals surface area contributed by atoms with Gasteiger partial charge < -0.3 is 9.84 Å². The van der Waals surface area contributed by atoms with Crippen LogP contribution in [0, 0.1) is 13.8 Å². The molecule has 0 amide bonds. The van der Waals surface area contributed by atoms with E-state index in [1.165, 1.54) is 19.2 Å². The van der Waals surface area contributed by atoms with Gasteiger partial charge in [0.1, 0.15) is 11.5 Å². The van der Waals surface area contributed by atoms with Crippen molar-refractivity contribution in [3.05, 3.63) is 47.5 Å². The van der Waals surface area contributed by atoms with E-state index in [0.29, 0.717) is 11.3 Å². The summed E-state index contributed by atoms with van der Waals surface area (Å²) in [6.07, 6.45) is 0. The molecule has 0 saturated heterocycles. The van der Waals surface area contributed by atoms with E-state index >= 15 is 0 Å². The molecule has 112 valence electrons. The van der Waals surface area contributed by atoms with Crippen molar-refractivity contribution in [2.45, 2.75) is 18.7 Å². The van der Waals surface area contributed by atoms with Gasteiger partial charge in [0.15, 0.2) is 0 Å². The van der Waals surface area contributed by atoms with Gasteiger partial charge in [-0.05, 0) is 43.2 Å². The smallest absolute Gasteiger partial charge is 0.262 e. The monoisotopic (exact) mass is 307 g/mol. The molecule has 0 fully saturated rings. The van der Waals surface area contributed by atoms with Gasteiger partial charge in [0, 0.05) is 6.07 Å². The zero-order chi connectivity index (χ0) is 15.6. The molecule has 2 rings (SSSR count). The first kappa shape index (κ1) is 15.2. The Morgan fingerprint density at radius 2 is 1.81 bits per heavy atom. The summed E-state index contributed by atoms with van der Waals surface area (Å²) in [6.45, 7) is 3.54. The summed E-state index contributed by atoms with van der Waals surface area (Å²) in [5, 5.41) is 9.78. The van der Waals surface area contributed by atoms with Crippen LogP contribution in [-0.2, 0) is 10.0 Å². The van der Waals surface area contributed by atoms with Crippen LogP contribution in [0.4, 0.5) is 5.69 Å². The average molecular weight is 307 g/mol. The van der Waals surface area contributed by atoms with Crippen LogP contribution in [-0.4, -0.2) is 20.6 Å². The van der Waals surface area contributed by atoms with Crippen molar-refractivity contribution in [1.82, 2.24) is 0 Å². The molecule has 2 aromatic carbocycles. The second-order valence-corrected chi connectivity index (χ2v) is 6.41. The number of ether oxygens (including phenoxy) is 1. The lowest BCUT2D eigenvalue weighted by molar-refractivity contribution is 0.413. The molecule has 0 aromatic heterocycles. The van der Waals surface area contributed by atoms with E-state index in [0.717, 1.165) is 5.56 Å². The molecule has 0 aliphatic heterocycles. The lowest BCUT2D eigenvalue weighted by Crippen LogP contribution is -2.14. The number of methoxy groups -OCH3 is 1. The number of nitrogens with one attached hydrogen (secondary N) is 1. The topological polar surface area (TPSA) is 75.6 Å². The van der Waals surface area contributed by atoms with Crippen LogP contribution < -0.4 is 9.46 Å². The van der Waals surface area contributed by atoms with Gasteiger partial charge in [-0.3, -0.25) is 4.72 Å². The van der Waals surface area contributed by atoms with Crippen LogP contribution in [0.3, 0.4) is 0 Å². The molecule has 0 heterocycles. The number of sulfonamides is 1. The van der Waals surface area contributed by atoms with E-state index < -0.39 is 10.0 Å². The number of aryl methyl sites for hydroxylation is 2. The summed E-state index contributed by atoms with van der Waals surface area (Å²) in [5.41, 5.74) is 1.56. The number of aromatic hydroxyl groups is 1. The van der Waals surface area contributed by atoms with Gasteiger partial charge in [0.25, 0.3) is 10.0 Å². The highest BCUT2D eigenvalue weighted by molar-refractivity contribution is 7.92. The maximum absolute atomic E-state index is 12.5. The molecule has 0 radical (unpaired) electrons. The van der Waals surface area contributed by atoms with Crippen molar-refractivity contribution < 1.29 is 18.3 Å². The number of rotatable bonds is 4. The minimum absolute atomic E-state index is 0.0789. The second kappa shape index (κ2) is 5.65. The van der Waals surface area contributed by atoms with Crippen LogP contribution in [0.1, 0.15) is 11.1 Å². The minimum Gasteiger partial charge on any atom is -0.506 e. The SMILES string of the molecule is COc1ccc(O)c(NS(=O)(=O)c2cc(C)ccc2C)c1. The van der Waals surface area contributed by atoms with Crippen LogP contribution in [0.5, 0.6) is 11.5 Å². The number of hydrogen-bond acceptors (Lipinski definition) is 4. The summed E-state index contributed by atoms with van der Waals surface area (Å²) in [4.78, 5) is 0.185. The Labute approximate surface area is 124 Å². The van der Waals surface area contributed by atoms with E-state index in [1.807, 2.05) is 13.0 Å². The Balaban J connectivity index is 2.44. The number of phenols is 1. The Morgan fingerprint density at radius 1 is 1.10 bits per heavy atom. The summed E-state index contributed by atoms with van der Waals surface area (Å²) in [5.74, 6) is 0.288. The Hall–Kier alpha value is -2.21. The number of benzene rings is 2. The molecule has 0 aliphatic carbocycles. The van der Waals surface area contributed by atoms with Crippen LogP contribution in [0.2, 0.25) is 0 Å². The maximum Gasteiger partial charge on any atom is 0.262 e. The van der Waals surface area contributed by atoms with E-state index in [4.69, 9.17) is 4.74 Å². The first-order valence-corrected chi connectivity index (χ1v) is 7.79. The summed E-state index contributed by atoms with van der Waals surface area (Å²) in [6, 6.07) is 9.53. The second-order valence-electron chi connectivity index (χ2n) is 4.76. The Bertz CT molecular complexity index is 769. The third-order valence-electron chi connectivity index (χ3n) is 3.08. The molecule has 2 N–H and O–H groups in total. The molecule has 6 heteroatoms. The highest BCUT2D eigenvalue weighted by Crippen LogP contribution is 2.30. The van der Waals surface area contributed by atoms with Gasteiger partial charge in [0.05, 0.1) is 17.7 Å². The van der Waals surface area contributed by atoms with Crippen molar-refractivity contribution in [3.63, 3.8) is 0 Å². The van der Waals surface area contributed by atoms with Gasteiger partial charge in [-0.15, -0.1) is 0 Å². The maximum atomic E-state index is 12.5. The van der Waals surface area contributed by atoms with Gasteiger partial charge in [-0.1, -0.05) is 12.1 Å². The van der Waals surface area contributed by atoms with Gasteiger partial charge >= 0.3 is 0 Å². The zero-order valence-corrected chi connectivity index (χ0v) is 12.9. The Kier molecular flexibility index (Phi) is 4.09. The fourth-order valence-corrected chi connectivity index (χ4v) is 3.32. The lowest BCUT2D eigenvalue weighted by atomic mass is 10.2. The van der Waals surface area contributed by atoms with E-state index in [1.54, 1.807) is 25.1 Å². The van der Waals surface area contributed by atoms with Crippen LogP contribution >= 0.6 is 0 Å². The van der Waals surface area contributed by atoms with Crippen molar-refractivity contribution in [2.75, 3.05) is 11.8 Å². The van der Waals surface area contributed by atoms with Gasteiger partial charge in [-0.25, -0.2) is 8.42 Å². The molecule has 21 heavy (non-hydrogen) atoms. The molecular weight excluding hydrogens is 290 g/mol. The lowest BCUT2D eigenvalue weighted by Gasteiger charge is -2.13. The fourth-order valence-electron chi connectivity index (χ4n) is 1.92. The molecular formula is C15H17NO4S. The summed E-state index contributed by atoms with van der Waals surface area (Å²) in [7, 11) is -2.31. The molecule has 0 bridgehead atoms. The number of phenolic OH excluding ortho intramolecular Hbond substituents is 1. The predicted molar refractivity (Wildman–Crippen MR) is 81.4 cm³/mol. The van der Waals surface area contributed by atoms with Gasteiger partial charge in [0.2, 0.25) is 0 Å². The largest absolute Gasteiger partial charge is 0.506 e. The molecule has 0 unspecified atom stereocenters. The molecule has 0 aliphatic rings. The van der Waals surface area contributed by atoms with E-state index in [9.17, 15) is 13.5 Å². The normalized spacial score (nSPS) is 11.2. The average Bonchev–Trinajstić information content (AvgIpc) is 2.43. The molecule has 2 aromatic rings. The molecule has 0 saturated carbocycles. The van der Waals surface area contributed by atoms with Crippen molar-refractivity contribution in [3.8, 4) is 11.5 Å². The molecule has 0 spiro atoms. The summed E-state index contributed by atoms with van der Waals surface area (Å²) >= 11 is 0. The third kappa shape index (κ3) is 3.28. The number of hydrogen-bond donors (Lipinski definition) is 2. The van der Waals surface area contributed by atoms with E-state index in [-0.39, 0.29) is 16.3 Å². The standard InChI is InChI=1S/C15H17NO4S/c1-10-4-5-11(2)15(8-10)21(18,19)16-13-9-12(20-3)6-7-14(13)17/h4-9,16-17H,1-3H3. The van der Waals surface area contributed by atoms with Crippen LogP contribution in [0.15, 0.2) is 41.3 Å². The zero-order valence-electron chi connectivity index (χ0n) is 12.0. The van der Waals surface area contributed by atoms with E-state index in [2.05, 4.69) is 4.72 Å². The van der Waals surface area contributed by atoms with Crippen molar-refractivity contribution in [2.24, 2.45) is 0 Å². The Morgan fingerprint density at radius 3 is 2.48 bits per heavy atom. The molecule has 5 nitrogen and oxygen atoms in total. The van der Waals surface area contributed by atoms with Crippen LogP contribution in [0.25, 0.3) is 0 Å². The summed E-state index contributed by atoms with van der Waals surface area (Å²) < 4.78 is 32.3. The number of anilines is 1.